The Labute approximate surface area is 129 Å². The molecule has 1 aromatic rings. The van der Waals surface area contributed by atoms with Crippen molar-refractivity contribution in [3.8, 4) is 0 Å². The van der Waals surface area contributed by atoms with Crippen molar-refractivity contribution in [2.75, 3.05) is 13.1 Å². The monoisotopic (exact) mass is 292 g/mol. The second-order valence-electron chi connectivity index (χ2n) is 6.91. The molecule has 1 aliphatic heterocycles. The molecule has 0 aliphatic carbocycles. The highest BCUT2D eigenvalue weighted by atomic mass is 15.3. The summed E-state index contributed by atoms with van der Waals surface area (Å²) in [6.07, 6.45) is 3.53. The molecule has 0 radical (unpaired) electrons. The lowest BCUT2D eigenvalue weighted by Gasteiger charge is -2.44. The van der Waals surface area contributed by atoms with Gasteiger partial charge in [-0.05, 0) is 39.7 Å². The molecule has 120 valence electrons. The number of aromatic nitrogens is 2. The predicted octanol–water partition coefficient (Wildman–Crippen LogP) is 2.82. The fraction of sp³-hybridized carbons (Fsp3) is 0.824. The van der Waals surface area contributed by atoms with Crippen LogP contribution in [0, 0.1) is 0 Å². The van der Waals surface area contributed by atoms with Crippen LogP contribution in [0.25, 0.3) is 0 Å². The van der Waals surface area contributed by atoms with Gasteiger partial charge in [0.1, 0.15) is 0 Å². The lowest BCUT2D eigenvalue weighted by molar-refractivity contribution is 0.0801. The van der Waals surface area contributed by atoms with Crippen LogP contribution in [0.4, 0.5) is 0 Å². The summed E-state index contributed by atoms with van der Waals surface area (Å²) in [5.74, 6) is 0. The molecule has 0 bridgehead atoms. The van der Waals surface area contributed by atoms with Crippen LogP contribution < -0.4 is 5.32 Å². The normalized spacial score (nSPS) is 22.6. The average molecular weight is 292 g/mol. The summed E-state index contributed by atoms with van der Waals surface area (Å²) in [7, 11) is 0. The minimum atomic E-state index is 0.203. The van der Waals surface area contributed by atoms with Gasteiger partial charge in [-0.1, -0.05) is 20.3 Å². The smallest absolute Gasteiger partial charge is 0.0625 e. The first-order valence-corrected chi connectivity index (χ1v) is 8.53. The summed E-state index contributed by atoms with van der Waals surface area (Å²) in [6, 6.07) is 2.94. The zero-order chi connectivity index (χ0) is 15.5. The predicted molar refractivity (Wildman–Crippen MR) is 88.5 cm³/mol. The maximum absolute atomic E-state index is 4.69. The van der Waals surface area contributed by atoms with E-state index in [2.05, 4.69) is 55.6 Å². The Balaban J connectivity index is 2.15. The lowest BCUT2D eigenvalue weighted by atomic mass is 9.96. The van der Waals surface area contributed by atoms with E-state index in [1.165, 1.54) is 24.2 Å². The van der Waals surface area contributed by atoms with Crippen LogP contribution in [0.5, 0.6) is 0 Å². The van der Waals surface area contributed by atoms with E-state index in [1.54, 1.807) is 0 Å². The van der Waals surface area contributed by atoms with E-state index in [0.717, 1.165) is 32.6 Å². The molecule has 1 N–H and O–H groups in total. The number of rotatable bonds is 6. The number of piperazine rings is 1. The molecule has 0 saturated carbocycles. The van der Waals surface area contributed by atoms with Crippen LogP contribution in [-0.4, -0.2) is 39.4 Å². The Morgan fingerprint density at radius 3 is 2.71 bits per heavy atom. The van der Waals surface area contributed by atoms with Crippen LogP contribution >= 0.6 is 0 Å². The van der Waals surface area contributed by atoms with Gasteiger partial charge in [0, 0.05) is 37.8 Å². The van der Waals surface area contributed by atoms with Gasteiger partial charge in [0.05, 0.1) is 11.4 Å². The molecular formula is C17H32N4. The molecule has 2 rings (SSSR count). The van der Waals surface area contributed by atoms with E-state index >= 15 is 0 Å². The summed E-state index contributed by atoms with van der Waals surface area (Å²) in [5, 5.41) is 8.38. The van der Waals surface area contributed by atoms with E-state index in [9.17, 15) is 0 Å². The zero-order valence-corrected chi connectivity index (χ0v) is 14.4. The standard InChI is InChI=1S/C17H32N4/c1-6-9-15-11-18-17(4,5)13-20(15)12-16-10-14(7-2)19-21(16)8-3/h10,15,18H,6-9,11-13H2,1-5H3. The molecule has 4 heteroatoms. The summed E-state index contributed by atoms with van der Waals surface area (Å²) in [4.78, 5) is 2.66. The van der Waals surface area contributed by atoms with Crippen LogP contribution in [0.15, 0.2) is 6.07 Å². The molecule has 0 spiro atoms. The van der Waals surface area contributed by atoms with Gasteiger partial charge in [0.15, 0.2) is 0 Å². The van der Waals surface area contributed by atoms with E-state index in [-0.39, 0.29) is 5.54 Å². The van der Waals surface area contributed by atoms with Crippen LogP contribution in [0.1, 0.15) is 58.8 Å². The zero-order valence-electron chi connectivity index (χ0n) is 14.4. The van der Waals surface area contributed by atoms with Crippen molar-refractivity contribution >= 4 is 0 Å². The first-order chi connectivity index (χ1) is 9.99. The summed E-state index contributed by atoms with van der Waals surface area (Å²) in [5.41, 5.74) is 2.79. The second kappa shape index (κ2) is 6.93. The first kappa shape index (κ1) is 16.5. The van der Waals surface area contributed by atoms with Crippen molar-refractivity contribution < 1.29 is 0 Å². The average Bonchev–Trinajstić information content (AvgIpc) is 2.84. The second-order valence-corrected chi connectivity index (χ2v) is 6.91. The van der Waals surface area contributed by atoms with Crippen molar-refractivity contribution in [1.82, 2.24) is 20.0 Å². The van der Waals surface area contributed by atoms with Crippen molar-refractivity contribution in [2.24, 2.45) is 0 Å². The molecule has 1 unspecified atom stereocenters. The maximum Gasteiger partial charge on any atom is 0.0625 e. The largest absolute Gasteiger partial charge is 0.309 e. The van der Waals surface area contributed by atoms with Gasteiger partial charge < -0.3 is 5.32 Å². The first-order valence-electron chi connectivity index (χ1n) is 8.53. The van der Waals surface area contributed by atoms with Crippen LogP contribution in [0.2, 0.25) is 0 Å². The Hall–Kier alpha value is -0.870. The topological polar surface area (TPSA) is 33.1 Å². The van der Waals surface area contributed by atoms with E-state index in [0.29, 0.717) is 6.04 Å². The van der Waals surface area contributed by atoms with Crippen molar-refractivity contribution in [3.05, 3.63) is 17.5 Å². The Morgan fingerprint density at radius 2 is 2.10 bits per heavy atom. The summed E-state index contributed by atoms with van der Waals surface area (Å²) < 4.78 is 2.18. The molecule has 1 aliphatic rings. The highest BCUT2D eigenvalue weighted by Gasteiger charge is 2.32. The number of hydrogen-bond donors (Lipinski definition) is 1. The third-order valence-corrected chi connectivity index (χ3v) is 4.49. The molecule has 4 nitrogen and oxygen atoms in total. The molecule has 1 aromatic heterocycles. The lowest BCUT2D eigenvalue weighted by Crippen LogP contribution is -2.61. The van der Waals surface area contributed by atoms with Gasteiger partial charge >= 0.3 is 0 Å². The Morgan fingerprint density at radius 1 is 1.33 bits per heavy atom. The fourth-order valence-electron chi connectivity index (χ4n) is 3.32. The van der Waals surface area contributed by atoms with Gasteiger partial charge in [-0.25, -0.2) is 0 Å². The number of nitrogens with one attached hydrogen (secondary N) is 1. The van der Waals surface area contributed by atoms with E-state index in [1.807, 2.05) is 0 Å². The van der Waals surface area contributed by atoms with Crippen LogP contribution in [-0.2, 0) is 19.5 Å². The number of nitrogens with zero attached hydrogens (tertiary/aromatic N) is 3. The van der Waals surface area contributed by atoms with Crippen molar-refractivity contribution in [1.29, 1.82) is 0 Å². The van der Waals surface area contributed by atoms with Gasteiger partial charge in [-0.2, -0.15) is 5.10 Å². The molecular weight excluding hydrogens is 260 g/mol. The molecule has 1 atom stereocenters. The van der Waals surface area contributed by atoms with Gasteiger partial charge in [-0.15, -0.1) is 0 Å². The number of aryl methyl sites for hydroxylation is 2. The third kappa shape index (κ3) is 4.07. The number of hydrogen-bond acceptors (Lipinski definition) is 3. The third-order valence-electron chi connectivity index (χ3n) is 4.49. The summed E-state index contributed by atoms with van der Waals surface area (Å²) >= 11 is 0. The van der Waals surface area contributed by atoms with Gasteiger partial charge in [0.25, 0.3) is 0 Å². The molecule has 2 heterocycles. The quantitative estimate of drug-likeness (QED) is 0.875. The van der Waals surface area contributed by atoms with Crippen LogP contribution in [0.3, 0.4) is 0 Å². The molecule has 0 amide bonds. The SMILES string of the molecule is CCCC1CNC(C)(C)CN1Cc1cc(CC)nn1CC. The van der Waals surface area contributed by atoms with Crippen molar-refractivity contribution in [2.45, 2.75) is 78.6 Å². The highest BCUT2D eigenvalue weighted by molar-refractivity contribution is 5.11. The minimum Gasteiger partial charge on any atom is -0.309 e. The van der Waals surface area contributed by atoms with Crippen molar-refractivity contribution in [3.63, 3.8) is 0 Å². The molecule has 1 fully saturated rings. The van der Waals surface area contributed by atoms with Gasteiger partial charge in [-0.3, -0.25) is 9.58 Å². The molecule has 1 saturated heterocycles. The van der Waals surface area contributed by atoms with Gasteiger partial charge in [0.2, 0.25) is 0 Å². The fourth-order valence-corrected chi connectivity index (χ4v) is 3.32. The highest BCUT2D eigenvalue weighted by Crippen LogP contribution is 2.21. The minimum absolute atomic E-state index is 0.203. The van der Waals surface area contributed by atoms with E-state index in [4.69, 9.17) is 5.10 Å². The maximum atomic E-state index is 4.69. The van der Waals surface area contributed by atoms with E-state index < -0.39 is 0 Å². The summed E-state index contributed by atoms with van der Waals surface area (Å²) in [6.45, 7) is 15.4. The molecule has 0 aromatic carbocycles. The Bertz CT molecular complexity index is 450. The molecule has 21 heavy (non-hydrogen) atoms. The Kier molecular flexibility index (Phi) is 5.44.